The summed E-state index contributed by atoms with van der Waals surface area (Å²) in [6.07, 6.45) is -1.40. The Morgan fingerprint density at radius 3 is 2.32 bits per heavy atom. The summed E-state index contributed by atoms with van der Waals surface area (Å²) in [5.41, 5.74) is -1.30. The fourth-order valence-corrected chi connectivity index (χ4v) is 3.20. The first-order valence-electron chi connectivity index (χ1n) is 10.1. The maximum atomic E-state index is 13.5. The molecule has 0 atom stereocenters. The van der Waals surface area contributed by atoms with Gasteiger partial charge < -0.3 is 20.3 Å². The van der Waals surface area contributed by atoms with Gasteiger partial charge in [0.2, 0.25) is 5.91 Å². The van der Waals surface area contributed by atoms with Crippen LogP contribution in [0.2, 0.25) is 0 Å². The number of hydrogen-bond acceptors (Lipinski definition) is 3. The van der Waals surface area contributed by atoms with Crippen molar-refractivity contribution in [2.45, 2.75) is 58.4 Å². The van der Waals surface area contributed by atoms with Gasteiger partial charge in [-0.05, 0) is 57.7 Å². The summed E-state index contributed by atoms with van der Waals surface area (Å²) in [4.78, 5) is 18.0. The first-order chi connectivity index (χ1) is 14.0. The zero-order valence-corrected chi connectivity index (χ0v) is 20.8. The Balaban J connectivity index is 0.00000480. The monoisotopic (exact) mass is 556 g/mol. The number of likely N-dealkylation sites (tertiary alicyclic amines) is 1. The summed E-state index contributed by atoms with van der Waals surface area (Å²) in [5.74, 6) is 0.383. The van der Waals surface area contributed by atoms with Gasteiger partial charge in [-0.25, -0.2) is 0 Å². The maximum Gasteiger partial charge on any atom is 0.416 e. The second-order valence-corrected chi connectivity index (χ2v) is 8.25. The fraction of sp³-hybridized carbons (Fsp3) is 0.619. The number of benzene rings is 1. The molecule has 176 valence electrons. The van der Waals surface area contributed by atoms with Crippen molar-refractivity contribution in [1.29, 1.82) is 0 Å². The first-order valence-corrected chi connectivity index (χ1v) is 10.1. The smallest absolute Gasteiger partial charge is 0.416 e. The number of carbonyl (C=O) groups excluding carboxylic acids is 1. The number of hydrogen-bond donors (Lipinski definition) is 2. The van der Waals surface area contributed by atoms with Crippen molar-refractivity contribution < 1.29 is 22.7 Å². The molecule has 1 aromatic carbocycles. The van der Waals surface area contributed by atoms with Crippen LogP contribution in [0.1, 0.15) is 51.2 Å². The van der Waals surface area contributed by atoms with E-state index in [4.69, 9.17) is 4.74 Å². The molecule has 0 aromatic heterocycles. The summed E-state index contributed by atoms with van der Waals surface area (Å²) in [5, 5.41) is 5.73. The van der Waals surface area contributed by atoms with E-state index in [1.165, 1.54) is 19.2 Å². The lowest BCUT2D eigenvalue weighted by Gasteiger charge is -2.27. The number of amides is 1. The molecule has 1 fully saturated rings. The van der Waals surface area contributed by atoms with Crippen molar-refractivity contribution in [3.63, 3.8) is 0 Å². The lowest BCUT2D eigenvalue weighted by atomic mass is 10.1. The molecule has 2 N–H and O–H groups in total. The molecule has 1 aliphatic heterocycles. The predicted molar refractivity (Wildman–Crippen MR) is 126 cm³/mol. The number of nitrogens with zero attached hydrogens (tertiary/aromatic N) is 2. The molecule has 6 nitrogen and oxygen atoms in total. The van der Waals surface area contributed by atoms with E-state index in [-0.39, 0.29) is 60.2 Å². The van der Waals surface area contributed by atoms with Crippen LogP contribution in [0.25, 0.3) is 0 Å². The summed E-state index contributed by atoms with van der Waals surface area (Å²) in [6.45, 7) is 6.75. The number of guanidine groups is 1. The number of halogens is 4. The van der Waals surface area contributed by atoms with Crippen molar-refractivity contribution in [2.24, 2.45) is 4.99 Å². The molecular formula is C21H32F3IN4O2. The summed E-state index contributed by atoms with van der Waals surface area (Å²) >= 11 is 0. The van der Waals surface area contributed by atoms with Gasteiger partial charge in [0.1, 0.15) is 11.4 Å². The minimum Gasteiger partial charge on any atom is -0.488 e. The van der Waals surface area contributed by atoms with Crippen LogP contribution < -0.4 is 15.4 Å². The molecule has 1 amide bonds. The summed E-state index contributed by atoms with van der Waals surface area (Å²) in [6, 6.07) is 3.93. The number of alkyl halides is 3. The molecular weight excluding hydrogens is 524 g/mol. The normalized spacial score (nSPS) is 15.2. The summed E-state index contributed by atoms with van der Waals surface area (Å²) < 4.78 is 46.2. The minimum atomic E-state index is -4.52. The number of ether oxygens (including phenoxy) is 1. The van der Waals surface area contributed by atoms with Gasteiger partial charge in [-0.2, -0.15) is 13.2 Å². The largest absolute Gasteiger partial charge is 0.488 e. The zero-order valence-electron chi connectivity index (χ0n) is 18.4. The van der Waals surface area contributed by atoms with Gasteiger partial charge in [0, 0.05) is 26.7 Å². The molecule has 2 rings (SSSR count). The van der Waals surface area contributed by atoms with Crippen molar-refractivity contribution >= 4 is 35.8 Å². The fourth-order valence-electron chi connectivity index (χ4n) is 3.20. The average molecular weight is 556 g/mol. The van der Waals surface area contributed by atoms with Crippen LogP contribution in [0.15, 0.2) is 23.2 Å². The Kier molecular flexibility index (Phi) is 10.4. The molecule has 0 aliphatic carbocycles. The van der Waals surface area contributed by atoms with Gasteiger partial charge in [0.15, 0.2) is 5.96 Å². The van der Waals surface area contributed by atoms with E-state index in [1.807, 2.05) is 0 Å². The van der Waals surface area contributed by atoms with E-state index < -0.39 is 17.3 Å². The van der Waals surface area contributed by atoms with Crippen LogP contribution >= 0.6 is 24.0 Å². The Hall–Kier alpha value is -1.72. The van der Waals surface area contributed by atoms with Gasteiger partial charge >= 0.3 is 6.18 Å². The van der Waals surface area contributed by atoms with Crippen LogP contribution in [-0.2, 0) is 17.5 Å². The van der Waals surface area contributed by atoms with Crippen molar-refractivity contribution in [3.05, 3.63) is 29.3 Å². The Labute approximate surface area is 199 Å². The Bertz CT molecular complexity index is 758. The number of piperidine rings is 1. The SMILES string of the molecule is CN=C(NCC(=O)N1CCCCC1)NCc1ccc(OC(C)(C)C)cc1C(F)(F)F.I. The molecule has 0 saturated carbocycles. The minimum absolute atomic E-state index is 0. The quantitative estimate of drug-likeness (QED) is 0.325. The maximum absolute atomic E-state index is 13.5. The van der Waals surface area contributed by atoms with E-state index in [9.17, 15) is 18.0 Å². The average Bonchev–Trinajstić information content (AvgIpc) is 2.67. The van der Waals surface area contributed by atoms with Crippen LogP contribution in [0.3, 0.4) is 0 Å². The highest BCUT2D eigenvalue weighted by Crippen LogP contribution is 2.35. The highest BCUT2D eigenvalue weighted by atomic mass is 127. The molecule has 1 aliphatic rings. The molecule has 0 radical (unpaired) electrons. The second-order valence-electron chi connectivity index (χ2n) is 8.25. The van der Waals surface area contributed by atoms with E-state index in [1.54, 1.807) is 25.7 Å². The molecule has 1 saturated heterocycles. The van der Waals surface area contributed by atoms with Crippen LogP contribution in [-0.4, -0.2) is 49.0 Å². The molecule has 31 heavy (non-hydrogen) atoms. The van der Waals surface area contributed by atoms with Gasteiger partial charge in [0.05, 0.1) is 12.1 Å². The highest BCUT2D eigenvalue weighted by Gasteiger charge is 2.34. The number of rotatable bonds is 5. The molecule has 0 unspecified atom stereocenters. The standard InChI is InChI=1S/C21H31F3N4O2.HI/c1-20(2,3)30-16-9-8-15(17(12-16)21(22,23)24)13-26-19(25-4)27-14-18(29)28-10-6-5-7-11-28;/h8-9,12H,5-7,10-11,13-14H2,1-4H3,(H2,25,26,27);1H. The van der Waals surface area contributed by atoms with Crippen molar-refractivity contribution in [3.8, 4) is 5.75 Å². The summed E-state index contributed by atoms with van der Waals surface area (Å²) in [7, 11) is 1.51. The lowest BCUT2D eigenvalue weighted by molar-refractivity contribution is -0.138. The first kappa shape index (κ1) is 27.3. The third-order valence-electron chi connectivity index (χ3n) is 4.60. The number of aliphatic imine (C=N–C) groups is 1. The molecule has 1 heterocycles. The van der Waals surface area contributed by atoms with E-state index in [2.05, 4.69) is 15.6 Å². The van der Waals surface area contributed by atoms with Crippen molar-refractivity contribution in [1.82, 2.24) is 15.5 Å². The Morgan fingerprint density at radius 2 is 1.77 bits per heavy atom. The Morgan fingerprint density at radius 1 is 1.13 bits per heavy atom. The van der Waals surface area contributed by atoms with E-state index >= 15 is 0 Å². The predicted octanol–water partition coefficient (Wildman–Crippen LogP) is 4.18. The topological polar surface area (TPSA) is 66.0 Å². The molecule has 0 bridgehead atoms. The number of nitrogens with one attached hydrogen (secondary N) is 2. The third-order valence-corrected chi connectivity index (χ3v) is 4.60. The third kappa shape index (κ3) is 9.12. The molecule has 1 aromatic rings. The number of carbonyl (C=O) groups is 1. The lowest BCUT2D eigenvalue weighted by Crippen LogP contribution is -2.45. The van der Waals surface area contributed by atoms with Crippen LogP contribution in [0, 0.1) is 0 Å². The van der Waals surface area contributed by atoms with E-state index in [0.29, 0.717) is 0 Å². The molecule has 10 heteroatoms. The van der Waals surface area contributed by atoms with Crippen LogP contribution in [0.5, 0.6) is 5.75 Å². The van der Waals surface area contributed by atoms with Crippen molar-refractivity contribution in [2.75, 3.05) is 26.7 Å². The van der Waals surface area contributed by atoms with Gasteiger partial charge in [0.25, 0.3) is 0 Å². The zero-order chi connectivity index (χ0) is 22.4. The van der Waals surface area contributed by atoms with Gasteiger partial charge in [-0.1, -0.05) is 6.07 Å². The molecule has 0 spiro atoms. The highest BCUT2D eigenvalue weighted by molar-refractivity contribution is 14.0. The van der Waals surface area contributed by atoms with E-state index in [0.717, 1.165) is 38.4 Å². The van der Waals surface area contributed by atoms with Crippen LogP contribution in [0.4, 0.5) is 13.2 Å². The van der Waals surface area contributed by atoms with Gasteiger partial charge in [-0.3, -0.25) is 9.79 Å². The second kappa shape index (κ2) is 11.8. The van der Waals surface area contributed by atoms with Gasteiger partial charge in [-0.15, -0.1) is 24.0 Å².